The van der Waals surface area contributed by atoms with Crippen molar-refractivity contribution >= 4 is 5.97 Å². The first-order valence-electron chi connectivity index (χ1n) is 12.4. The number of carbonyl (C=O) groups is 1. The summed E-state index contributed by atoms with van der Waals surface area (Å²) in [6, 6.07) is 0. The normalized spacial score (nSPS) is 14.7. The van der Waals surface area contributed by atoms with E-state index in [-0.39, 0.29) is 19.3 Å². The van der Waals surface area contributed by atoms with Crippen LogP contribution in [0, 0.1) is 0 Å². The number of carboxylic acid groups (broad SMARTS) is 1. The molecule has 0 heterocycles. The minimum absolute atomic E-state index is 0.106. The van der Waals surface area contributed by atoms with Crippen molar-refractivity contribution in [1.82, 2.24) is 0 Å². The molecule has 0 aliphatic heterocycles. The third-order valence-electron chi connectivity index (χ3n) is 4.47. The minimum Gasteiger partial charge on any atom is -0.481 e. The Balaban J connectivity index is 3.69. The van der Waals surface area contributed by atoms with Crippen LogP contribution in [0.3, 0.4) is 0 Å². The van der Waals surface area contributed by atoms with Crippen LogP contribution < -0.4 is 0 Å². The van der Waals surface area contributed by atoms with Crippen molar-refractivity contribution in [2.75, 3.05) is 0 Å². The van der Waals surface area contributed by atoms with Gasteiger partial charge in [-0.25, -0.2) is 0 Å². The molecule has 0 aromatic carbocycles. The van der Waals surface area contributed by atoms with Gasteiger partial charge in [-0.3, -0.25) is 4.79 Å². The summed E-state index contributed by atoms with van der Waals surface area (Å²) in [5.41, 5.74) is 0. The highest BCUT2D eigenvalue weighted by molar-refractivity contribution is 5.66. The summed E-state index contributed by atoms with van der Waals surface area (Å²) >= 11 is 0. The topological polar surface area (TPSA) is 37.3 Å². The molecule has 2 heteroatoms. The van der Waals surface area contributed by atoms with Crippen molar-refractivity contribution in [3.63, 3.8) is 0 Å². The molecule has 0 bridgehead atoms. The lowest BCUT2D eigenvalue weighted by molar-refractivity contribution is -0.137. The summed E-state index contributed by atoms with van der Waals surface area (Å²) in [5, 5.41) is 8.61. The Kier molecular flexibility index (Phi) is 14.5. The molecular weight excluding hydrogens is 296 g/mol. The Hall–Kier alpha value is -0.530. The third-order valence-corrected chi connectivity index (χ3v) is 4.47. The lowest BCUT2D eigenvalue weighted by atomic mass is 10.0. The van der Waals surface area contributed by atoms with Gasteiger partial charge in [0, 0.05) is 11.9 Å². The summed E-state index contributed by atoms with van der Waals surface area (Å²) < 4.78 is 32.4. The largest absolute Gasteiger partial charge is 0.481 e. The van der Waals surface area contributed by atoms with Crippen molar-refractivity contribution in [3.8, 4) is 0 Å². The van der Waals surface area contributed by atoms with E-state index in [1.165, 1.54) is 57.8 Å². The van der Waals surface area contributed by atoms with Gasteiger partial charge in [0.05, 0.1) is 0 Å². The van der Waals surface area contributed by atoms with Crippen molar-refractivity contribution < 1.29 is 15.4 Å². The molecule has 2 nitrogen and oxygen atoms in total. The number of carboxylic acids is 1. The van der Waals surface area contributed by atoms with Gasteiger partial charge in [-0.1, -0.05) is 122 Å². The second-order valence-corrected chi connectivity index (χ2v) is 6.95. The van der Waals surface area contributed by atoms with Crippen molar-refractivity contribution in [1.29, 1.82) is 0 Å². The Morgan fingerprint density at radius 1 is 0.625 bits per heavy atom. The lowest BCUT2D eigenvalue weighted by Gasteiger charge is -2.03. The number of aliphatic carboxylic acids is 1. The van der Waals surface area contributed by atoms with E-state index in [0.29, 0.717) is 19.3 Å². The maximum Gasteiger partial charge on any atom is 0.303 e. The van der Waals surface area contributed by atoms with Gasteiger partial charge < -0.3 is 5.11 Å². The molecule has 0 aromatic rings. The van der Waals surface area contributed by atoms with Crippen LogP contribution in [0.5, 0.6) is 0 Å². The molecule has 1 N–H and O–H groups in total. The highest BCUT2D eigenvalue weighted by Crippen LogP contribution is 2.14. The number of hydrogen-bond acceptors (Lipinski definition) is 1. The Labute approximate surface area is 157 Å². The van der Waals surface area contributed by atoms with Crippen molar-refractivity contribution in [2.24, 2.45) is 0 Å². The first kappa shape index (κ1) is 16.9. The average molecular weight is 345 g/mol. The summed E-state index contributed by atoms with van der Waals surface area (Å²) in [7, 11) is 0. The van der Waals surface area contributed by atoms with Crippen LogP contribution in [0.1, 0.15) is 141 Å². The summed E-state index contributed by atoms with van der Waals surface area (Å²) in [6.45, 7) is 2.24. The van der Waals surface area contributed by atoms with Crippen LogP contribution in [0.4, 0.5) is 0 Å². The smallest absolute Gasteiger partial charge is 0.303 e. The van der Waals surface area contributed by atoms with E-state index in [2.05, 4.69) is 6.92 Å². The number of rotatable bonds is 20. The van der Waals surface area contributed by atoms with Gasteiger partial charge in [-0.2, -0.15) is 0 Å². The lowest BCUT2D eigenvalue weighted by Crippen LogP contribution is -1.93. The highest BCUT2D eigenvalue weighted by Gasteiger charge is 1.97. The monoisotopic (exact) mass is 344 g/mol. The van der Waals surface area contributed by atoms with E-state index >= 15 is 0 Å². The van der Waals surface area contributed by atoms with Gasteiger partial charge in [0.2, 0.25) is 0 Å². The maximum atomic E-state index is 10.5. The zero-order chi connectivity index (χ0) is 21.3. The molecule has 0 aliphatic rings. The number of hydrogen-bond donors (Lipinski definition) is 1. The zero-order valence-corrected chi connectivity index (χ0v) is 16.1. The van der Waals surface area contributed by atoms with E-state index in [9.17, 15) is 4.79 Å². The Morgan fingerprint density at radius 2 is 0.958 bits per heavy atom. The fourth-order valence-electron chi connectivity index (χ4n) is 2.90. The van der Waals surface area contributed by atoms with Crippen LogP contribution in [-0.2, 0) is 4.79 Å². The molecule has 0 radical (unpaired) electrons. The molecule has 144 valence electrons. The van der Waals surface area contributed by atoms with E-state index in [4.69, 9.17) is 10.6 Å². The van der Waals surface area contributed by atoms with Crippen LogP contribution in [0.25, 0.3) is 0 Å². The molecule has 0 aromatic heterocycles. The number of unbranched alkanes of at least 4 members (excludes halogenated alkanes) is 13. The minimum atomic E-state index is -1.84. The van der Waals surface area contributed by atoms with E-state index < -0.39 is 18.7 Å². The SMILES string of the molecule is [2H]C([2H])(CCCCCCCCCCCCCC)C([2H])([2H])CCCCCC(=O)O. The molecule has 0 rings (SSSR count). The van der Waals surface area contributed by atoms with Gasteiger partial charge in [-0.15, -0.1) is 0 Å². The van der Waals surface area contributed by atoms with Crippen LogP contribution in [0.15, 0.2) is 0 Å². The van der Waals surface area contributed by atoms with Crippen LogP contribution in [0.2, 0.25) is 0 Å². The molecule has 0 unspecified atom stereocenters. The fourth-order valence-corrected chi connectivity index (χ4v) is 2.90. The first-order valence-corrected chi connectivity index (χ1v) is 10.4. The second kappa shape index (κ2) is 20.5. The summed E-state index contributed by atoms with van der Waals surface area (Å²) in [6.07, 6.45) is 13.3. The van der Waals surface area contributed by atoms with Crippen LogP contribution in [-0.4, -0.2) is 11.1 Å². The van der Waals surface area contributed by atoms with E-state index in [1.54, 1.807) is 0 Å². The van der Waals surface area contributed by atoms with Gasteiger partial charge in [0.15, 0.2) is 0 Å². The molecule has 0 saturated heterocycles. The van der Waals surface area contributed by atoms with E-state index in [0.717, 1.165) is 19.3 Å². The van der Waals surface area contributed by atoms with Crippen LogP contribution >= 0.6 is 0 Å². The van der Waals surface area contributed by atoms with Gasteiger partial charge in [0.1, 0.15) is 0 Å². The molecule has 0 fully saturated rings. The van der Waals surface area contributed by atoms with Crippen molar-refractivity contribution in [3.05, 3.63) is 0 Å². The standard InChI is InChI=1S/C22H44O2/c1-2-3-4-5-6-7-8-9-10-11-12-13-14-15-16-17-18-19-20-21-22(23)24/h2-21H2,1H3,(H,23,24)/i15D2,16D2. The summed E-state index contributed by atoms with van der Waals surface area (Å²) in [5.74, 6) is -0.828. The van der Waals surface area contributed by atoms with Gasteiger partial charge >= 0.3 is 5.97 Å². The molecule has 0 aliphatic carbocycles. The molecular formula is C22H44O2. The quantitative estimate of drug-likeness (QED) is 0.228. The Morgan fingerprint density at radius 3 is 1.33 bits per heavy atom. The Bertz CT molecular complexity index is 387. The van der Waals surface area contributed by atoms with Crippen molar-refractivity contribution in [2.45, 2.75) is 135 Å². The first-order chi connectivity index (χ1) is 13.2. The molecule has 0 spiro atoms. The predicted octanol–water partition coefficient (Wildman–Crippen LogP) is 7.89. The second-order valence-electron chi connectivity index (χ2n) is 6.95. The fraction of sp³-hybridized carbons (Fsp3) is 0.955. The molecule has 0 atom stereocenters. The maximum absolute atomic E-state index is 10.5. The molecule has 0 saturated carbocycles. The molecule has 24 heavy (non-hydrogen) atoms. The highest BCUT2D eigenvalue weighted by atomic mass is 16.4. The predicted molar refractivity (Wildman–Crippen MR) is 106 cm³/mol. The zero-order valence-electron chi connectivity index (χ0n) is 20.1. The molecule has 0 amide bonds. The van der Waals surface area contributed by atoms with E-state index in [1.807, 2.05) is 0 Å². The summed E-state index contributed by atoms with van der Waals surface area (Å²) in [4.78, 5) is 10.5. The average Bonchev–Trinajstić information content (AvgIpc) is 2.61. The third kappa shape index (κ3) is 21.5. The van der Waals surface area contributed by atoms with Gasteiger partial charge in [-0.05, 0) is 6.42 Å². The van der Waals surface area contributed by atoms with Gasteiger partial charge in [0.25, 0.3) is 0 Å².